The van der Waals surface area contributed by atoms with Crippen molar-refractivity contribution in [2.45, 2.75) is 38.3 Å². The Balaban J connectivity index is 0.00000225. The van der Waals surface area contributed by atoms with Crippen LogP contribution in [0.15, 0.2) is 65.7 Å². The number of methoxy groups -OCH3 is 2. The van der Waals surface area contributed by atoms with E-state index in [1.165, 1.54) is 0 Å². The molecule has 44 heavy (non-hydrogen) atoms. The molecule has 5 rings (SSSR count). The summed E-state index contributed by atoms with van der Waals surface area (Å²) in [5.41, 5.74) is 9.55. The Morgan fingerprint density at radius 3 is 2.34 bits per heavy atom. The van der Waals surface area contributed by atoms with Gasteiger partial charge in [-0.1, -0.05) is 18.2 Å². The fourth-order valence-electron chi connectivity index (χ4n) is 5.05. The summed E-state index contributed by atoms with van der Waals surface area (Å²) in [7, 11) is 3.21. The molecule has 1 aromatic carbocycles. The zero-order valence-electron chi connectivity index (χ0n) is 24.5. The molecule has 2 atom stereocenters. The van der Waals surface area contributed by atoms with Crippen molar-refractivity contribution in [1.29, 1.82) is 0 Å². The summed E-state index contributed by atoms with van der Waals surface area (Å²) in [6.07, 6.45) is 4.45. The lowest BCUT2D eigenvalue weighted by molar-refractivity contribution is -0.124. The number of aryl methyl sites for hydroxylation is 2. The van der Waals surface area contributed by atoms with Crippen molar-refractivity contribution < 1.29 is 14.3 Å². The molecular weight excluding hydrogens is 629 g/mol. The molecule has 1 amide bonds. The van der Waals surface area contributed by atoms with Crippen LogP contribution < -0.4 is 31.4 Å². The van der Waals surface area contributed by atoms with Gasteiger partial charge in [0.25, 0.3) is 5.56 Å². The summed E-state index contributed by atoms with van der Waals surface area (Å²) in [6.45, 7) is 2.50. The summed E-state index contributed by atoms with van der Waals surface area (Å²) in [6, 6.07) is 14.4. The number of fused-ring (bicyclic) bond motifs is 1. The van der Waals surface area contributed by atoms with Crippen LogP contribution in [0, 0.1) is 6.92 Å². The molecule has 1 aliphatic heterocycles. The van der Waals surface area contributed by atoms with E-state index < -0.39 is 6.04 Å². The van der Waals surface area contributed by atoms with Gasteiger partial charge in [-0.05, 0) is 61.2 Å². The number of nitrogen functional groups attached to an aromatic ring is 1. The SMILES string of the molecule is COc1ccc([C@H](CNc2ncc3n(c2=O)[C@H](C(=O)NCc2ccc(N)nc2C)CC3)c2ccc(OC)cn2)cc1.Cl.Cl.Cl. The number of amides is 1. The van der Waals surface area contributed by atoms with Crippen LogP contribution >= 0.6 is 37.2 Å². The first-order chi connectivity index (χ1) is 19.9. The third-order valence-electron chi connectivity index (χ3n) is 7.38. The maximum absolute atomic E-state index is 13.6. The highest BCUT2D eigenvalue weighted by Crippen LogP contribution is 2.28. The number of anilines is 2. The summed E-state index contributed by atoms with van der Waals surface area (Å²) in [5.74, 6) is 1.59. The van der Waals surface area contributed by atoms with E-state index in [1.54, 1.807) is 37.2 Å². The summed E-state index contributed by atoms with van der Waals surface area (Å²) >= 11 is 0. The van der Waals surface area contributed by atoms with E-state index in [-0.39, 0.29) is 60.4 Å². The Morgan fingerprint density at radius 1 is 1.00 bits per heavy atom. The van der Waals surface area contributed by atoms with Crippen LogP contribution in [0.4, 0.5) is 11.6 Å². The van der Waals surface area contributed by atoms with Crippen molar-refractivity contribution in [3.63, 3.8) is 0 Å². The standard InChI is InChI=1S/C30H33N7O4.3ClH/c1-18-20(6-13-27(31)36-18)14-35-29(38)26-12-7-21-15-33-28(30(39)37(21)26)34-17-24(19-4-8-22(40-2)9-5-19)25-11-10-23(41-3)16-32-25;;;/h4-6,8-11,13,15-16,24,26H,7,12,14,17H2,1-3H3,(H2,31,36)(H,33,34)(H,35,38);3*1H/t24-,26-;;;/m0.../s1. The van der Waals surface area contributed by atoms with Crippen LogP contribution in [-0.4, -0.2) is 46.2 Å². The average molecular weight is 665 g/mol. The van der Waals surface area contributed by atoms with Gasteiger partial charge < -0.3 is 25.8 Å². The molecular formula is C30H36Cl3N7O4. The number of rotatable bonds is 10. The summed E-state index contributed by atoms with van der Waals surface area (Å²) in [4.78, 5) is 40.0. The number of nitrogens with two attached hydrogens (primary N) is 1. The molecule has 0 fully saturated rings. The molecule has 4 N–H and O–H groups in total. The smallest absolute Gasteiger partial charge is 0.294 e. The monoisotopic (exact) mass is 663 g/mol. The Morgan fingerprint density at radius 2 is 1.70 bits per heavy atom. The number of aromatic nitrogens is 4. The summed E-state index contributed by atoms with van der Waals surface area (Å²) < 4.78 is 12.1. The van der Waals surface area contributed by atoms with Crippen LogP contribution in [0.3, 0.4) is 0 Å². The molecule has 0 aliphatic carbocycles. The van der Waals surface area contributed by atoms with Gasteiger partial charge in [0.2, 0.25) is 5.91 Å². The number of nitrogens with one attached hydrogen (secondary N) is 2. The predicted octanol–water partition coefficient (Wildman–Crippen LogP) is 4.25. The minimum absolute atomic E-state index is 0. The van der Waals surface area contributed by atoms with Crippen molar-refractivity contribution in [3.8, 4) is 11.5 Å². The number of benzene rings is 1. The first-order valence-electron chi connectivity index (χ1n) is 13.4. The lowest BCUT2D eigenvalue weighted by Crippen LogP contribution is -2.36. The Labute approximate surface area is 274 Å². The fraction of sp³-hybridized carbons (Fsp3) is 0.300. The molecule has 4 heterocycles. The number of halogens is 3. The molecule has 3 aromatic heterocycles. The van der Waals surface area contributed by atoms with Gasteiger partial charge in [0.05, 0.1) is 20.4 Å². The highest BCUT2D eigenvalue weighted by atomic mass is 35.5. The lowest BCUT2D eigenvalue weighted by Gasteiger charge is -2.20. The van der Waals surface area contributed by atoms with E-state index in [0.29, 0.717) is 37.5 Å². The van der Waals surface area contributed by atoms with E-state index in [1.807, 2.05) is 49.4 Å². The number of hydrogen-bond acceptors (Lipinski definition) is 9. The van der Waals surface area contributed by atoms with Gasteiger partial charge in [0, 0.05) is 42.3 Å². The zero-order valence-corrected chi connectivity index (χ0v) is 26.9. The van der Waals surface area contributed by atoms with E-state index in [2.05, 4.69) is 25.6 Å². The molecule has 236 valence electrons. The molecule has 0 unspecified atom stereocenters. The molecule has 11 nitrogen and oxygen atoms in total. The first kappa shape index (κ1) is 36.1. The van der Waals surface area contributed by atoms with Crippen molar-refractivity contribution in [3.05, 3.63) is 99.5 Å². The van der Waals surface area contributed by atoms with Crippen LogP contribution in [0.2, 0.25) is 0 Å². The van der Waals surface area contributed by atoms with Crippen LogP contribution in [0.1, 0.15) is 46.6 Å². The molecule has 0 saturated heterocycles. The van der Waals surface area contributed by atoms with Crippen molar-refractivity contribution in [2.24, 2.45) is 0 Å². The maximum atomic E-state index is 13.6. The van der Waals surface area contributed by atoms with Gasteiger partial charge in [-0.3, -0.25) is 19.1 Å². The lowest BCUT2D eigenvalue weighted by atomic mass is 9.95. The van der Waals surface area contributed by atoms with E-state index >= 15 is 0 Å². The fourth-order valence-corrected chi connectivity index (χ4v) is 5.05. The maximum Gasteiger partial charge on any atom is 0.294 e. The number of hydrogen-bond donors (Lipinski definition) is 3. The summed E-state index contributed by atoms with van der Waals surface area (Å²) in [5, 5.41) is 6.18. The average Bonchev–Trinajstić information content (AvgIpc) is 3.43. The molecule has 1 aliphatic rings. The topological polar surface area (TPSA) is 146 Å². The minimum Gasteiger partial charge on any atom is -0.497 e. The third-order valence-corrected chi connectivity index (χ3v) is 7.38. The molecule has 14 heteroatoms. The van der Waals surface area contributed by atoms with Crippen LogP contribution in [0.25, 0.3) is 0 Å². The molecule has 0 bridgehead atoms. The van der Waals surface area contributed by atoms with Gasteiger partial charge in [-0.15, -0.1) is 37.2 Å². The highest BCUT2D eigenvalue weighted by Gasteiger charge is 2.31. The van der Waals surface area contributed by atoms with Gasteiger partial charge in [0.15, 0.2) is 5.82 Å². The Kier molecular flexibility index (Phi) is 13.3. The normalized spacial score (nSPS) is 13.7. The largest absolute Gasteiger partial charge is 0.497 e. The third kappa shape index (κ3) is 7.90. The number of nitrogens with zero attached hydrogens (tertiary/aromatic N) is 4. The van der Waals surface area contributed by atoms with E-state index in [9.17, 15) is 9.59 Å². The van der Waals surface area contributed by atoms with Gasteiger partial charge in [0.1, 0.15) is 23.4 Å². The van der Waals surface area contributed by atoms with Crippen LogP contribution in [-0.2, 0) is 17.8 Å². The van der Waals surface area contributed by atoms with E-state index in [0.717, 1.165) is 34.0 Å². The Bertz CT molecular complexity index is 1550. The second-order valence-corrected chi connectivity index (χ2v) is 9.86. The highest BCUT2D eigenvalue weighted by molar-refractivity contribution is 5.86. The Hall–Kier alpha value is -4.06. The molecule has 0 saturated carbocycles. The minimum atomic E-state index is -0.622. The first-order valence-corrected chi connectivity index (χ1v) is 13.4. The number of carbonyl (C=O) groups excluding carboxylic acids is 1. The predicted molar refractivity (Wildman–Crippen MR) is 177 cm³/mol. The molecule has 0 radical (unpaired) electrons. The van der Waals surface area contributed by atoms with Gasteiger partial charge in [-0.25, -0.2) is 9.97 Å². The molecule has 0 spiro atoms. The number of pyridine rings is 2. The zero-order chi connectivity index (χ0) is 28.9. The second kappa shape index (κ2) is 16.1. The van der Waals surface area contributed by atoms with Gasteiger partial charge in [-0.2, -0.15) is 0 Å². The van der Waals surface area contributed by atoms with Crippen molar-refractivity contribution in [2.75, 3.05) is 31.8 Å². The molecule has 4 aromatic rings. The number of carbonyl (C=O) groups is 1. The second-order valence-electron chi connectivity index (χ2n) is 9.86. The quantitative estimate of drug-likeness (QED) is 0.226. The van der Waals surface area contributed by atoms with Crippen molar-refractivity contribution >= 4 is 54.8 Å². The van der Waals surface area contributed by atoms with Crippen LogP contribution in [0.5, 0.6) is 11.5 Å². The number of ether oxygens (including phenoxy) is 2. The van der Waals surface area contributed by atoms with Gasteiger partial charge >= 0.3 is 0 Å². The van der Waals surface area contributed by atoms with Crippen molar-refractivity contribution in [1.82, 2.24) is 24.8 Å². The van der Waals surface area contributed by atoms with E-state index in [4.69, 9.17) is 15.2 Å².